The molecular formula is C21H32N2O3. The number of carbonyl (C=O) groups is 2. The van der Waals surface area contributed by atoms with Crippen LogP contribution in [-0.2, 0) is 22.5 Å². The average molecular weight is 360 g/mol. The summed E-state index contributed by atoms with van der Waals surface area (Å²) >= 11 is 0. The minimum absolute atomic E-state index is 0.212. The molecule has 1 aromatic carbocycles. The Kier molecular flexibility index (Phi) is 6.32. The largest absolute Gasteiger partial charge is 0.444 e. The normalized spacial score (nSPS) is 16.8. The van der Waals surface area contributed by atoms with Gasteiger partial charge >= 0.3 is 6.09 Å². The molecule has 0 saturated carbocycles. The fraction of sp³-hybridized carbons (Fsp3) is 0.619. The third-order valence-electron chi connectivity index (χ3n) is 4.55. The molecule has 5 nitrogen and oxygen atoms in total. The van der Waals surface area contributed by atoms with E-state index < -0.39 is 5.60 Å². The maximum atomic E-state index is 12.3. The van der Waals surface area contributed by atoms with Crippen LogP contribution in [0.1, 0.15) is 64.2 Å². The minimum atomic E-state index is -0.479. The number of hydrogen-bond donors (Lipinski definition) is 0. The standard InChI is InChI=1S/C19H26N2O3.C2H6/c1-13-10-15-12-20(18(23)24-19(2,3)4)9-7-14(15)11-16(13)21-8-5-6-17(21)22;1-2/h10-11H,5-9,12H2,1-4H3;1-2H3. The van der Waals surface area contributed by atoms with E-state index in [-0.39, 0.29) is 12.0 Å². The predicted octanol–water partition coefficient (Wildman–Crippen LogP) is 4.44. The van der Waals surface area contributed by atoms with Crippen LogP contribution in [0.25, 0.3) is 0 Å². The zero-order valence-electron chi connectivity index (χ0n) is 17.0. The Morgan fingerprint density at radius 1 is 1.08 bits per heavy atom. The van der Waals surface area contributed by atoms with Crippen LogP contribution < -0.4 is 4.90 Å². The van der Waals surface area contributed by atoms with Gasteiger partial charge in [-0.2, -0.15) is 0 Å². The molecule has 1 saturated heterocycles. The number of hydrogen-bond acceptors (Lipinski definition) is 3. The first-order chi connectivity index (χ1) is 12.2. The summed E-state index contributed by atoms with van der Waals surface area (Å²) in [7, 11) is 0. The van der Waals surface area contributed by atoms with E-state index in [2.05, 4.69) is 12.1 Å². The maximum Gasteiger partial charge on any atom is 0.410 e. The lowest BCUT2D eigenvalue weighted by Crippen LogP contribution is -2.40. The van der Waals surface area contributed by atoms with Crippen LogP contribution in [0.4, 0.5) is 10.5 Å². The number of aryl methyl sites for hydroxylation is 1. The van der Waals surface area contributed by atoms with Crippen LogP contribution in [-0.4, -0.2) is 35.6 Å². The number of amides is 2. The number of ether oxygens (including phenoxy) is 1. The van der Waals surface area contributed by atoms with Crippen molar-refractivity contribution in [2.75, 3.05) is 18.0 Å². The zero-order valence-corrected chi connectivity index (χ0v) is 17.0. The molecule has 0 aromatic heterocycles. The lowest BCUT2D eigenvalue weighted by atomic mass is 9.96. The summed E-state index contributed by atoms with van der Waals surface area (Å²) in [6, 6.07) is 4.26. The number of nitrogens with zero attached hydrogens (tertiary/aromatic N) is 2. The highest BCUT2D eigenvalue weighted by Crippen LogP contribution is 2.31. The molecule has 0 unspecified atom stereocenters. The molecule has 0 atom stereocenters. The Bertz CT molecular complexity index is 677. The summed E-state index contributed by atoms with van der Waals surface area (Å²) in [4.78, 5) is 28.0. The quantitative estimate of drug-likeness (QED) is 0.744. The van der Waals surface area contributed by atoms with Crippen molar-refractivity contribution in [3.05, 3.63) is 28.8 Å². The lowest BCUT2D eigenvalue weighted by Gasteiger charge is -2.32. The Labute approximate surface area is 157 Å². The molecule has 2 amide bonds. The van der Waals surface area contributed by atoms with Gasteiger partial charge in [-0.25, -0.2) is 4.79 Å². The maximum absolute atomic E-state index is 12.3. The topological polar surface area (TPSA) is 49.9 Å². The molecule has 0 N–H and O–H groups in total. The third kappa shape index (κ3) is 4.57. The van der Waals surface area contributed by atoms with Crippen LogP contribution in [0.3, 0.4) is 0 Å². The van der Waals surface area contributed by atoms with Crippen LogP contribution in [0.2, 0.25) is 0 Å². The molecule has 0 spiro atoms. The van der Waals surface area contributed by atoms with E-state index in [9.17, 15) is 9.59 Å². The second-order valence-electron chi connectivity index (χ2n) is 7.71. The van der Waals surface area contributed by atoms with Gasteiger partial charge in [-0.1, -0.05) is 19.9 Å². The van der Waals surface area contributed by atoms with Crippen molar-refractivity contribution in [2.45, 2.75) is 73.0 Å². The smallest absolute Gasteiger partial charge is 0.410 e. The fourth-order valence-electron chi connectivity index (χ4n) is 3.40. The molecule has 2 aliphatic rings. The molecule has 144 valence electrons. The molecule has 3 rings (SSSR count). The van der Waals surface area contributed by atoms with E-state index in [0.29, 0.717) is 19.5 Å². The van der Waals surface area contributed by atoms with Crippen molar-refractivity contribution in [3.8, 4) is 0 Å². The van der Waals surface area contributed by atoms with Crippen LogP contribution in [0.15, 0.2) is 12.1 Å². The number of anilines is 1. The van der Waals surface area contributed by atoms with E-state index in [0.717, 1.165) is 36.2 Å². The average Bonchev–Trinajstić information content (AvgIpc) is 3.00. The zero-order chi connectivity index (χ0) is 19.5. The summed E-state index contributed by atoms with van der Waals surface area (Å²) in [5, 5.41) is 0. The summed E-state index contributed by atoms with van der Waals surface area (Å²) in [5.74, 6) is 0.212. The molecule has 2 heterocycles. The van der Waals surface area contributed by atoms with Gasteiger partial charge in [0.2, 0.25) is 5.91 Å². The third-order valence-corrected chi connectivity index (χ3v) is 4.55. The summed E-state index contributed by atoms with van der Waals surface area (Å²) in [5.41, 5.74) is 4.03. The van der Waals surface area contributed by atoms with Crippen molar-refractivity contribution < 1.29 is 14.3 Å². The first kappa shape index (κ1) is 20.3. The predicted molar refractivity (Wildman–Crippen MR) is 104 cm³/mol. The number of benzene rings is 1. The van der Waals surface area contributed by atoms with Gasteiger partial charge in [-0.05, 0) is 63.3 Å². The molecule has 1 aromatic rings. The van der Waals surface area contributed by atoms with Gasteiger partial charge in [0, 0.05) is 31.7 Å². The van der Waals surface area contributed by atoms with Crippen molar-refractivity contribution in [1.82, 2.24) is 4.90 Å². The van der Waals surface area contributed by atoms with E-state index in [4.69, 9.17) is 4.74 Å². The van der Waals surface area contributed by atoms with Gasteiger partial charge in [0.05, 0.1) is 0 Å². The molecule has 0 radical (unpaired) electrons. The highest BCUT2D eigenvalue weighted by atomic mass is 16.6. The van der Waals surface area contributed by atoms with E-state index >= 15 is 0 Å². The van der Waals surface area contributed by atoms with Gasteiger partial charge in [-0.15, -0.1) is 0 Å². The molecular weight excluding hydrogens is 328 g/mol. The van der Waals surface area contributed by atoms with Gasteiger partial charge in [-0.3, -0.25) is 4.79 Å². The summed E-state index contributed by atoms with van der Waals surface area (Å²) < 4.78 is 5.48. The number of fused-ring (bicyclic) bond motifs is 1. The Balaban J connectivity index is 0.00000117. The second kappa shape index (κ2) is 8.11. The van der Waals surface area contributed by atoms with Crippen molar-refractivity contribution in [3.63, 3.8) is 0 Å². The Morgan fingerprint density at radius 3 is 2.35 bits per heavy atom. The molecule has 5 heteroatoms. The van der Waals surface area contributed by atoms with Gasteiger partial charge in [0.15, 0.2) is 0 Å². The Hall–Kier alpha value is -2.04. The van der Waals surface area contributed by atoms with Crippen molar-refractivity contribution in [1.29, 1.82) is 0 Å². The molecule has 2 aliphatic heterocycles. The number of rotatable bonds is 1. The Morgan fingerprint density at radius 2 is 1.77 bits per heavy atom. The van der Waals surface area contributed by atoms with Gasteiger partial charge < -0.3 is 14.5 Å². The van der Waals surface area contributed by atoms with Crippen LogP contribution in [0, 0.1) is 6.92 Å². The second-order valence-corrected chi connectivity index (χ2v) is 7.71. The van der Waals surface area contributed by atoms with Crippen molar-refractivity contribution in [2.24, 2.45) is 0 Å². The molecule has 0 aliphatic carbocycles. The van der Waals surface area contributed by atoms with Crippen LogP contribution in [0.5, 0.6) is 0 Å². The highest BCUT2D eigenvalue weighted by Gasteiger charge is 2.28. The van der Waals surface area contributed by atoms with E-state index in [1.54, 1.807) is 4.90 Å². The van der Waals surface area contributed by atoms with Gasteiger partial charge in [0.25, 0.3) is 0 Å². The lowest BCUT2D eigenvalue weighted by molar-refractivity contribution is -0.117. The number of carbonyl (C=O) groups excluding carboxylic acids is 2. The SMILES string of the molecule is CC.Cc1cc2c(cc1N1CCCC1=O)CCN(C(=O)OC(C)(C)C)C2. The summed E-state index contributed by atoms with van der Waals surface area (Å²) in [6.45, 7) is 13.7. The highest BCUT2D eigenvalue weighted by molar-refractivity contribution is 5.96. The fourth-order valence-corrected chi connectivity index (χ4v) is 3.40. The van der Waals surface area contributed by atoms with E-state index in [1.807, 2.05) is 46.4 Å². The van der Waals surface area contributed by atoms with E-state index in [1.165, 1.54) is 5.56 Å². The minimum Gasteiger partial charge on any atom is -0.444 e. The van der Waals surface area contributed by atoms with Crippen molar-refractivity contribution >= 4 is 17.7 Å². The van der Waals surface area contributed by atoms with Gasteiger partial charge in [0.1, 0.15) is 5.60 Å². The summed E-state index contributed by atoms with van der Waals surface area (Å²) in [6.07, 6.45) is 2.11. The first-order valence-electron chi connectivity index (χ1n) is 9.65. The first-order valence-corrected chi connectivity index (χ1v) is 9.65. The molecule has 26 heavy (non-hydrogen) atoms. The monoisotopic (exact) mass is 360 g/mol. The van der Waals surface area contributed by atoms with Crippen LogP contribution >= 0.6 is 0 Å². The molecule has 1 fully saturated rings. The molecule has 0 bridgehead atoms.